The molecule has 1 fully saturated rings. The number of anilines is 1. The van der Waals surface area contributed by atoms with E-state index in [9.17, 15) is 4.79 Å². The monoisotopic (exact) mass is 497 g/mol. The first-order valence-electron chi connectivity index (χ1n) is 12.3. The normalized spacial score (nSPS) is 17.9. The number of benzene rings is 2. The van der Waals surface area contributed by atoms with Gasteiger partial charge in [0.2, 0.25) is 5.91 Å². The Bertz CT molecular complexity index is 1390. The van der Waals surface area contributed by atoms with Gasteiger partial charge < -0.3 is 20.1 Å². The highest BCUT2D eigenvalue weighted by atomic mass is 32.1. The first-order chi connectivity index (χ1) is 17.3. The largest absolute Gasteiger partial charge is 0.352 e. The number of fused-ring (bicyclic) bond motifs is 1. The molecule has 2 unspecified atom stereocenters. The summed E-state index contributed by atoms with van der Waals surface area (Å²) in [6.45, 7) is 7.04. The van der Waals surface area contributed by atoms with Crippen molar-refractivity contribution in [2.45, 2.75) is 44.8 Å². The van der Waals surface area contributed by atoms with Crippen molar-refractivity contribution < 1.29 is 4.79 Å². The third-order valence-corrected chi connectivity index (χ3v) is 7.03. The summed E-state index contributed by atoms with van der Waals surface area (Å²) in [7, 11) is 0. The highest BCUT2D eigenvalue weighted by molar-refractivity contribution is 7.80. The maximum atomic E-state index is 13.0. The van der Waals surface area contributed by atoms with E-state index in [4.69, 9.17) is 12.2 Å². The number of carbonyl (C=O) groups excluding carboxylic acids is 1. The molecule has 2 aromatic heterocycles. The summed E-state index contributed by atoms with van der Waals surface area (Å²) >= 11 is 5.77. The minimum atomic E-state index is -0.101. The molecule has 2 aromatic carbocycles. The van der Waals surface area contributed by atoms with Crippen molar-refractivity contribution >= 4 is 39.7 Å². The summed E-state index contributed by atoms with van der Waals surface area (Å²) < 4.78 is 2.21. The van der Waals surface area contributed by atoms with Crippen molar-refractivity contribution in [2.75, 3.05) is 11.9 Å². The van der Waals surface area contributed by atoms with E-state index in [0.717, 1.165) is 27.7 Å². The van der Waals surface area contributed by atoms with E-state index in [1.165, 1.54) is 0 Å². The van der Waals surface area contributed by atoms with Gasteiger partial charge in [-0.3, -0.25) is 9.78 Å². The van der Waals surface area contributed by atoms with Gasteiger partial charge in [-0.15, -0.1) is 0 Å². The fourth-order valence-electron chi connectivity index (χ4n) is 4.78. The molecule has 1 amide bonds. The Morgan fingerprint density at radius 1 is 1.06 bits per heavy atom. The first kappa shape index (κ1) is 24.0. The average molecular weight is 498 g/mol. The van der Waals surface area contributed by atoms with Gasteiger partial charge in [0.05, 0.1) is 17.8 Å². The zero-order chi connectivity index (χ0) is 25.3. The molecular weight excluding hydrogens is 466 g/mol. The predicted octanol–water partition coefficient (Wildman–Crippen LogP) is 5.79. The maximum Gasteiger partial charge on any atom is 0.226 e. The molecule has 6 nitrogen and oxygen atoms in total. The van der Waals surface area contributed by atoms with Gasteiger partial charge in [0.15, 0.2) is 5.11 Å². The lowest BCUT2D eigenvalue weighted by atomic mass is 9.99. The Morgan fingerprint density at radius 3 is 2.58 bits per heavy atom. The minimum absolute atomic E-state index is 0.0333. The van der Waals surface area contributed by atoms with E-state index in [1.54, 1.807) is 6.20 Å². The number of rotatable bonds is 6. The Hall–Kier alpha value is -3.71. The standard InChI is InChI=1S/C29H31N5OS/c1-29(2,3)33-17-14-21(19-33)27-26(24-12-6-7-16-30-24)32-28(36)34(27)18-15-25(35)31-23-13-8-10-20-9-4-5-11-22(20)23/h4-14,16-17,19,26-27H,15,18H2,1-3H3,(H,31,35)(H,32,36). The van der Waals surface area contributed by atoms with E-state index in [1.807, 2.05) is 60.7 Å². The number of nitrogens with one attached hydrogen (secondary N) is 2. The van der Waals surface area contributed by atoms with Crippen LogP contribution >= 0.6 is 12.2 Å². The summed E-state index contributed by atoms with van der Waals surface area (Å²) in [6.07, 6.45) is 6.41. The van der Waals surface area contributed by atoms with Crippen LogP contribution in [0.15, 0.2) is 85.3 Å². The summed E-state index contributed by atoms with van der Waals surface area (Å²) in [5.41, 5.74) is 2.86. The van der Waals surface area contributed by atoms with Gasteiger partial charge >= 0.3 is 0 Å². The van der Waals surface area contributed by atoms with Crippen LogP contribution in [0, 0.1) is 0 Å². The van der Waals surface area contributed by atoms with Crippen LogP contribution in [-0.4, -0.2) is 32.0 Å². The van der Waals surface area contributed by atoms with Crippen molar-refractivity contribution in [3.05, 3.63) is 96.6 Å². The summed E-state index contributed by atoms with van der Waals surface area (Å²) in [4.78, 5) is 19.8. The first-order valence-corrected chi connectivity index (χ1v) is 12.7. The topological polar surface area (TPSA) is 62.2 Å². The fraction of sp³-hybridized carbons (Fsp3) is 0.276. The van der Waals surface area contributed by atoms with Crippen molar-refractivity contribution in [1.82, 2.24) is 19.8 Å². The molecule has 0 saturated carbocycles. The minimum Gasteiger partial charge on any atom is -0.352 e. The van der Waals surface area contributed by atoms with Gasteiger partial charge in [-0.05, 0) is 68.2 Å². The Labute approximate surface area is 217 Å². The van der Waals surface area contributed by atoms with Crippen LogP contribution < -0.4 is 10.6 Å². The number of pyridine rings is 1. The average Bonchev–Trinajstić information content (AvgIpc) is 3.48. The van der Waals surface area contributed by atoms with E-state index in [0.29, 0.717) is 18.1 Å². The zero-order valence-electron chi connectivity index (χ0n) is 20.8. The molecule has 1 saturated heterocycles. The van der Waals surface area contributed by atoms with Crippen molar-refractivity contribution in [3.8, 4) is 0 Å². The molecule has 1 aliphatic rings. The quantitative estimate of drug-likeness (QED) is 0.330. The second kappa shape index (κ2) is 9.74. The molecule has 2 atom stereocenters. The zero-order valence-corrected chi connectivity index (χ0v) is 21.6. The Balaban J connectivity index is 1.38. The van der Waals surface area contributed by atoms with E-state index >= 15 is 0 Å². The highest BCUT2D eigenvalue weighted by Gasteiger charge is 2.40. The van der Waals surface area contributed by atoms with Gasteiger partial charge in [0, 0.05) is 48.2 Å². The number of thiocarbonyl (C=S) groups is 1. The second-order valence-electron chi connectivity index (χ2n) is 10.2. The third kappa shape index (κ3) is 4.84. The molecule has 0 spiro atoms. The molecular formula is C29H31N5OS. The van der Waals surface area contributed by atoms with Gasteiger partial charge in [-0.2, -0.15) is 0 Å². The lowest BCUT2D eigenvalue weighted by molar-refractivity contribution is -0.116. The number of nitrogens with zero attached hydrogens (tertiary/aromatic N) is 3. The summed E-state index contributed by atoms with van der Waals surface area (Å²) in [6, 6.07) is 21.9. The van der Waals surface area contributed by atoms with Crippen molar-refractivity contribution in [3.63, 3.8) is 0 Å². The highest BCUT2D eigenvalue weighted by Crippen LogP contribution is 2.39. The SMILES string of the molecule is CC(C)(C)n1ccc(C2C(c3ccccn3)NC(=S)N2CCC(=O)Nc2cccc3ccccc23)c1. The van der Waals surface area contributed by atoms with Crippen LogP contribution in [0.2, 0.25) is 0 Å². The van der Waals surface area contributed by atoms with Crippen LogP contribution in [0.4, 0.5) is 5.69 Å². The summed E-state index contributed by atoms with van der Waals surface area (Å²) in [5.74, 6) is -0.0403. The molecule has 1 aliphatic heterocycles. The molecule has 3 heterocycles. The van der Waals surface area contributed by atoms with Crippen LogP contribution in [0.5, 0.6) is 0 Å². The molecule has 7 heteroatoms. The van der Waals surface area contributed by atoms with E-state index < -0.39 is 0 Å². The van der Waals surface area contributed by atoms with Gasteiger partial charge in [0.1, 0.15) is 0 Å². The van der Waals surface area contributed by atoms with Crippen LogP contribution in [-0.2, 0) is 10.3 Å². The molecule has 5 rings (SSSR count). The second-order valence-corrected chi connectivity index (χ2v) is 10.6. The molecule has 0 radical (unpaired) electrons. The predicted molar refractivity (Wildman–Crippen MR) is 149 cm³/mol. The molecule has 2 N–H and O–H groups in total. The van der Waals surface area contributed by atoms with Crippen molar-refractivity contribution in [1.29, 1.82) is 0 Å². The smallest absolute Gasteiger partial charge is 0.226 e. The Kier molecular flexibility index (Phi) is 6.49. The summed E-state index contributed by atoms with van der Waals surface area (Å²) in [5, 5.41) is 9.33. The fourth-order valence-corrected chi connectivity index (χ4v) is 5.12. The number of hydrogen-bond donors (Lipinski definition) is 2. The van der Waals surface area contributed by atoms with Gasteiger partial charge in [0.25, 0.3) is 0 Å². The van der Waals surface area contributed by atoms with Gasteiger partial charge in [-0.1, -0.05) is 42.5 Å². The van der Waals surface area contributed by atoms with Crippen LogP contribution in [0.1, 0.15) is 50.5 Å². The maximum absolute atomic E-state index is 13.0. The lowest BCUT2D eigenvalue weighted by Crippen LogP contribution is -2.32. The number of hydrogen-bond acceptors (Lipinski definition) is 3. The molecule has 4 aromatic rings. The van der Waals surface area contributed by atoms with Crippen LogP contribution in [0.25, 0.3) is 10.8 Å². The lowest BCUT2D eigenvalue weighted by Gasteiger charge is -2.27. The molecule has 0 bridgehead atoms. The van der Waals surface area contributed by atoms with E-state index in [2.05, 4.69) is 64.3 Å². The third-order valence-electron chi connectivity index (χ3n) is 6.67. The Morgan fingerprint density at radius 2 is 1.83 bits per heavy atom. The molecule has 184 valence electrons. The van der Waals surface area contributed by atoms with Crippen molar-refractivity contribution in [2.24, 2.45) is 0 Å². The molecule has 0 aliphatic carbocycles. The number of amides is 1. The number of aromatic nitrogens is 2. The number of carbonyl (C=O) groups is 1. The van der Waals surface area contributed by atoms with Gasteiger partial charge in [-0.25, -0.2) is 0 Å². The molecule has 36 heavy (non-hydrogen) atoms. The van der Waals surface area contributed by atoms with E-state index in [-0.39, 0.29) is 23.5 Å². The van der Waals surface area contributed by atoms with Crippen LogP contribution in [0.3, 0.4) is 0 Å².